The van der Waals surface area contributed by atoms with Gasteiger partial charge in [-0.2, -0.15) is 0 Å². The third-order valence-corrected chi connectivity index (χ3v) is 1.62. The van der Waals surface area contributed by atoms with Crippen molar-refractivity contribution in [3.63, 3.8) is 0 Å². The second kappa shape index (κ2) is 4.79. The summed E-state index contributed by atoms with van der Waals surface area (Å²) in [6, 6.07) is 3.36. The Hall–Kier alpha value is -1.13. The minimum absolute atomic E-state index is 0.148. The van der Waals surface area contributed by atoms with E-state index in [1.165, 1.54) is 6.20 Å². The van der Waals surface area contributed by atoms with Crippen LogP contribution in [-0.2, 0) is 18.7 Å². The van der Waals surface area contributed by atoms with Crippen molar-refractivity contribution >= 4 is 11.7 Å². The van der Waals surface area contributed by atoms with Crippen LogP contribution in [-0.4, -0.2) is 17.9 Å². The first-order valence-electron chi connectivity index (χ1n) is 3.53. The van der Waals surface area contributed by atoms with E-state index in [0.717, 1.165) is 0 Å². The first kappa shape index (κ1) is 9.95. The summed E-state index contributed by atoms with van der Waals surface area (Å²) < 4.78 is 3.66. The normalized spacial score (nSPS) is 9.15. The van der Waals surface area contributed by atoms with E-state index in [1.54, 1.807) is 19.2 Å². The summed E-state index contributed by atoms with van der Waals surface area (Å²) in [7, 11) is 1.58. The van der Waals surface area contributed by atoms with Crippen LogP contribution in [0.25, 0.3) is 0 Å². The molecule has 2 N–H and O–H groups in total. The Labute approximate surface area is 85.9 Å². The minimum atomic E-state index is -0.148. The molecule has 0 aliphatic rings. The van der Waals surface area contributed by atoms with Crippen molar-refractivity contribution < 1.29 is 23.5 Å². The van der Waals surface area contributed by atoms with Gasteiger partial charge in [-0.15, -0.1) is 0 Å². The number of amides is 1. The third-order valence-electron chi connectivity index (χ3n) is 1.41. The van der Waals surface area contributed by atoms with Crippen molar-refractivity contribution in [1.82, 2.24) is 10.3 Å². The fourth-order valence-corrected chi connectivity index (χ4v) is 0.995. The van der Waals surface area contributed by atoms with E-state index in [-0.39, 0.29) is 5.91 Å². The second-order valence-corrected chi connectivity index (χ2v) is 2.62. The summed E-state index contributed by atoms with van der Waals surface area (Å²) in [5.41, 5.74) is 3.19. The predicted molar refractivity (Wildman–Crippen MR) is 43.7 cm³/mol. The zero-order valence-electron chi connectivity index (χ0n) is 6.91. The molecule has 0 saturated heterocycles. The van der Waals surface area contributed by atoms with Crippen molar-refractivity contribution in [3.05, 3.63) is 23.9 Å². The molecule has 6 heteroatoms. The number of carbonyl (C=O) groups excluding carboxylic acids is 1. The van der Waals surface area contributed by atoms with Crippen molar-refractivity contribution in [2.45, 2.75) is 0 Å². The Balaban J connectivity index is 2.80. The van der Waals surface area contributed by atoms with Gasteiger partial charge in [0.05, 0.1) is 0 Å². The van der Waals surface area contributed by atoms with E-state index in [4.69, 9.17) is 0 Å². The number of aromatic nitrogens is 1. The molecule has 0 aliphatic carbocycles. The van der Waals surface area contributed by atoms with Crippen molar-refractivity contribution in [2.24, 2.45) is 3.72 Å². The van der Waals surface area contributed by atoms with E-state index in [0.29, 0.717) is 11.4 Å². The van der Waals surface area contributed by atoms with E-state index in [9.17, 15) is 4.79 Å². The van der Waals surface area contributed by atoms with Crippen LogP contribution in [0.3, 0.4) is 0 Å². The number of nitrogens with one attached hydrogen (secondary N) is 2. The molecule has 13 heavy (non-hydrogen) atoms. The van der Waals surface area contributed by atoms with Gasteiger partial charge in [0.1, 0.15) is 0 Å². The van der Waals surface area contributed by atoms with Gasteiger partial charge in [-0.3, -0.25) is 0 Å². The first-order chi connectivity index (χ1) is 6.27. The number of nitrogens with zero attached hydrogens (tertiary/aromatic N) is 2. The topological polar surface area (TPSA) is 66.4 Å². The van der Waals surface area contributed by atoms with Crippen LogP contribution in [0, 0.1) is 0 Å². The number of carbonyl (C=O) groups is 1. The molecule has 0 fully saturated rings. The fraction of sp³-hybridized carbons (Fsp3) is 0.143. The molecule has 0 aliphatic heterocycles. The van der Waals surface area contributed by atoms with Crippen molar-refractivity contribution in [1.29, 1.82) is 0 Å². The van der Waals surface area contributed by atoms with Crippen molar-refractivity contribution in [2.75, 3.05) is 12.5 Å². The van der Waals surface area contributed by atoms with Gasteiger partial charge in [0.25, 0.3) is 0 Å². The molecule has 5 nitrogen and oxygen atoms in total. The van der Waals surface area contributed by atoms with Gasteiger partial charge in [-0.25, -0.2) is 0 Å². The van der Waals surface area contributed by atoms with Gasteiger partial charge >= 0.3 is 85.6 Å². The van der Waals surface area contributed by atoms with Gasteiger partial charge in [0.2, 0.25) is 0 Å². The number of pyridine rings is 1. The Morgan fingerprint density at radius 3 is 2.85 bits per heavy atom. The summed E-state index contributed by atoms with van der Waals surface area (Å²) >= 11 is 1.81. The van der Waals surface area contributed by atoms with Crippen LogP contribution < -0.4 is 10.7 Å². The Morgan fingerprint density at radius 1 is 1.62 bits per heavy atom. The summed E-state index contributed by atoms with van der Waals surface area (Å²) in [6.45, 7) is 0. The van der Waals surface area contributed by atoms with Crippen LogP contribution in [0.1, 0.15) is 10.4 Å². The van der Waals surface area contributed by atoms with Crippen LogP contribution in [0.4, 0.5) is 5.82 Å². The van der Waals surface area contributed by atoms with Gasteiger partial charge in [-0.1, -0.05) is 0 Å². The maximum atomic E-state index is 11.1. The van der Waals surface area contributed by atoms with Crippen LogP contribution in [0.5, 0.6) is 0 Å². The molecule has 0 unspecified atom stereocenters. The summed E-state index contributed by atoms with van der Waals surface area (Å²) in [5.74, 6) is 0.465. The zero-order chi connectivity index (χ0) is 9.68. The Morgan fingerprint density at radius 2 is 2.38 bits per heavy atom. The first-order valence-corrected chi connectivity index (χ1v) is 4.36. The maximum absolute atomic E-state index is 11.1. The molecule has 0 radical (unpaired) electrons. The molecular weight excluding hydrogens is 254 g/mol. The Kier molecular flexibility index (Phi) is 3.67. The SMILES string of the molecule is CNC(=O)c1ccc(N[N]=[Tc+4])nc1. The number of hydrogen-bond donors (Lipinski definition) is 2. The second-order valence-electron chi connectivity index (χ2n) is 2.21. The van der Waals surface area contributed by atoms with Crippen LogP contribution in [0.2, 0.25) is 0 Å². The Bertz CT molecular complexity index is 311. The average Bonchev–Trinajstić information content (AvgIpc) is 2.18. The molecule has 0 bridgehead atoms. The molecule has 1 aromatic rings. The molecule has 1 rings (SSSR count). The molecule has 65 valence electrons. The zero-order valence-corrected chi connectivity index (χ0v) is 8.77. The number of anilines is 1. The molecule has 0 saturated carbocycles. The van der Waals surface area contributed by atoms with E-state index in [1.807, 2.05) is 18.7 Å². The summed E-state index contributed by atoms with van der Waals surface area (Å²) in [4.78, 5) is 15.1. The monoisotopic (exact) mass is 261 g/mol. The number of hydrogen-bond acceptors (Lipinski definition) is 4. The molecule has 1 heterocycles. The quantitative estimate of drug-likeness (QED) is 0.779. The fourth-order valence-electron chi connectivity index (χ4n) is 0.782. The van der Waals surface area contributed by atoms with E-state index in [2.05, 4.69) is 19.4 Å². The van der Waals surface area contributed by atoms with Crippen molar-refractivity contribution in [3.8, 4) is 0 Å². The molecule has 0 spiro atoms. The molecule has 1 amide bonds. The van der Waals surface area contributed by atoms with Gasteiger partial charge in [-0.05, 0) is 0 Å². The standard InChI is InChI=1S/C7H8N4O.Tc/c1-9-7(12)5-2-3-6(11-8)10-4-5;/h2-4H,1H3,(H,9,12)(H,10,11);/q;+4. The number of rotatable bonds is 3. The molecule has 1 aromatic heterocycles. The van der Waals surface area contributed by atoms with Crippen LogP contribution in [0.15, 0.2) is 22.0 Å². The molecule has 0 aromatic carbocycles. The van der Waals surface area contributed by atoms with Gasteiger partial charge < -0.3 is 0 Å². The summed E-state index contributed by atoms with van der Waals surface area (Å²) in [6.07, 6.45) is 1.49. The van der Waals surface area contributed by atoms with E-state index >= 15 is 0 Å². The molecule has 0 atom stereocenters. The summed E-state index contributed by atoms with van der Waals surface area (Å²) in [5, 5.41) is 2.51. The van der Waals surface area contributed by atoms with E-state index < -0.39 is 0 Å². The van der Waals surface area contributed by atoms with Crippen LogP contribution >= 0.6 is 0 Å². The third kappa shape index (κ3) is 2.68. The van der Waals surface area contributed by atoms with Gasteiger partial charge in [0.15, 0.2) is 0 Å². The average molecular weight is 262 g/mol. The molecular formula is C7H8N4OTc+4. The van der Waals surface area contributed by atoms with Gasteiger partial charge in [0, 0.05) is 0 Å². The predicted octanol–water partition coefficient (Wildman–Crippen LogP) is 0.498.